The number of hydrogen-bond donors (Lipinski definition) is 3. The molecule has 3 N–H and O–H groups in total. The molecule has 1 unspecified atom stereocenters. The Labute approximate surface area is 106 Å². The van der Waals surface area contributed by atoms with Crippen molar-refractivity contribution in [2.24, 2.45) is 0 Å². The fraction of sp³-hybridized carbons (Fsp3) is 0.727. The summed E-state index contributed by atoms with van der Waals surface area (Å²) in [6.07, 6.45) is 0. The van der Waals surface area contributed by atoms with Crippen LogP contribution >= 0.6 is 0 Å². The van der Waals surface area contributed by atoms with Crippen molar-refractivity contribution in [2.75, 3.05) is 32.7 Å². The number of carbonyl (C=O) groups excluding carboxylic acids is 3. The van der Waals surface area contributed by atoms with Crippen molar-refractivity contribution in [3.05, 3.63) is 0 Å². The van der Waals surface area contributed by atoms with E-state index in [1.807, 2.05) is 4.90 Å². The van der Waals surface area contributed by atoms with Crippen LogP contribution in [0.3, 0.4) is 0 Å². The molecule has 1 aliphatic heterocycles. The highest BCUT2D eigenvalue weighted by Gasteiger charge is 2.26. The lowest BCUT2D eigenvalue weighted by atomic mass is 10.2. The zero-order valence-electron chi connectivity index (χ0n) is 10.8. The lowest BCUT2D eigenvalue weighted by molar-refractivity contribution is -0.131. The van der Waals surface area contributed by atoms with Crippen LogP contribution in [-0.4, -0.2) is 61.4 Å². The highest BCUT2D eigenvalue weighted by Crippen LogP contribution is 2.02. The van der Waals surface area contributed by atoms with Crippen molar-refractivity contribution in [2.45, 2.75) is 19.9 Å². The maximum absolute atomic E-state index is 11.6. The smallest absolute Gasteiger partial charge is 0.237 e. The number of rotatable bonds is 5. The van der Waals surface area contributed by atoms with E-state index in [1.165, 1.54) is 6.92 Å². The van der Waals surface area contributed by atoms with Crippen LogP contribution in [0, 0.1) is 0 Å². The minimum atomic E-state index is -0.278. The standard InChI is InChI=1S/C11H20N4O3/c1-8-11(18)14-5-6-15(8)7-10(17)13-4-3-12-9(2)16/h8H,3-7H2,1-2H3,(H,12,16)(H,13,17)(H,14,18). The fourth-order valence-electron chi connectivity index (χ4n) is 1.73. The molecule has 0 aromatic rings. The Hall–Kier alpha value is -1.63. The van der Waals surface area contributed by atoms with Gasteiger partial charge in [0.2, 0.25) is 17.7 Å². The average molecular weight is 256 g/mol. The Morgan fingerprint density at radius 2 is 2.06 bits per heavy atom. The van der Waals surface area contributed by atoms with Crippen LogP contribution in [0.25, 0.3) is 0 Å². The van der Waals surface area contributed by atoms with E-state index in [4.69, 9.17) is 0 Å². The highest BCUT2D eigenvalue weighted by atomic mass is 16.2. The third kappa shape index (κ3) is 4.70. The van der Waals surface area contributed by atoms with Gasteiger partial charge in [0.05, 0.1) is 12.6 Å². The normalized spacial score (nSPS) is 20.1. The van der Waals surface area contributed by atoms with Crippen LogP contribution in [0.1, 0.15) is 13.8 Å². The van der Waals surface area contributed by atoms with Crippen LogP contribution in [0.2, 0.25) is 0 Å². The van der Waals surface area contributed by atoms with Crippen LogP contribution in [0.5, 0.6) is 0 Å². The third-order valence-corrected chi connectivity index (χ3v) is 2.79. The lowest BCUT2D eigenvalue weighted by Crippen LogP contribution is -2.56. The third-order valence-electron chi connectivity index (χ3n) is 2.79. The minimum absolute atomic E-state index is 0.0488. The highest BCUT2D eigenvalue weighted by molar-refractivity contribution is 5.84. The van der Waals surface area contributed by atoms with Gasteiger partial charge in [-0.15, -0.1) is 0 Å². The maximum atomic E-state index is 11.6. The van der Waals surface area contributed by atoms with Gasteiger partial charge in [-0.25, -0.2) is 0 Å². The van der Waals surface area contributed by atoms with Crippen LogP contribution in [-0.2, 0) is 14.4 Å². The quantitative estimate of drug-likeness (QED) is 0.499. The SMILES string of the molecule is CC(=O)NCCNC(=O)CN1CCNC(=O)C1C. The maximum Gasteiger partial charge on any atom is 0.237 e. The number of hydrogen-bond acceptors (Lipinski definition) is 4. The predicted octanol–water partition coefficient (Wildman–Crippen LogP) is -1.94. The molecule has 1 saturated heterocycles. The van der Waals surface area contributed by atoms with Crippen LogP contribution in [0.4, 0.5) is 0 Å². The summed E-state index contributed by atoms with van der Waals surface area (Å²) >= 11 is 0. The Kier molecular flexibility index (Phi) is 5.57. The van der Waals surface area contributed by atoms with Gasteiger partial charge >= 0.3 is 0 Å². The molecule has 1 rings (SSSR count). The molecule has 7 heteroatoms. The van der Waals surface area contributed by atoms with Gasteiger partial charge in [0.1, 0.15) is 0 Å². The fourth-order valence-corrected chi connectivity index (χ4v) is 1.73. The Bertz CT molecular complexity index is 332. The molecule has 1 aliphatic rings. The molecule has 0 radical (unpaired) electrons. The van der Waals surface area contributed by atoms with E-state index in [-0.39, 0.29) is 30.3 Å². The summed E-state index contributed by atoms with van der Waals surface area (Å²) in [5.74, 6) is -0.306. The van der Waals surface area contributed by atoms with E-state index in [0.29, 0.717) is 26.2 Å². The number of nitrogens with zero attached hydrogens (tertiary/aromatic N) is 1. The van der Waals surface area contributed by atoms with Crippen molar-refractivity contribution in [1.29, 1.82) is 0 Å². The minimum Gasteiger partial charge on any atom is -0.355 e. The number of carbonyl (C=O) groups is 3. The van der Waals surface area contributed by atoms with Gasteiger partial charge in [0.15, 0.2) is 0 Å². The first-order valence-corrected chi connectivity index (χ1v) is 6.03. The van der Waals surface area contributed by atoms with E-state index in [1.54, 1.807) is 6.92 Å². The van der Waals surface area contributed by atoms with Crippen molar-refractivity contribution in [3.8, 4) is 0 Å². The van der Waals surface area contributed by atoms with Gasteiger partial charge in [-0.1, -0.05) is 0 Å². The molecule has 0 aromatic carbocycles. The zero-order chi connectivity index (χ0) is 13.5. The van der Waals surface area contributed by atoms with Crippen molar-refractivity contribution in [3.63, 3.8) is 0 Å². The topological polar surface area (TPSA) is 90.5 Å². The van der Waals surface area contributed by atoms with Crippen LogP contribution < -0.4 is 16.0 Å². The summed E-state index contributed by atoms with van der Waals surface area (Å²) in [6.45, 7) is 5.46. The lowest BCUT2D eigenvalue weighted by Gasteiger charge is -2.31. The van der Waals surface area contributed by atoms with Crippen molar-refractivity contribution in [1.82, 2.24) is 20.9 Å². The van der Waals surface area contributed by atoms with E-state index in [2.05, 4.69) is 16.0 Å². The van der Waals surface area contributed by atoms with Crippen LogP contribution in [0.15, 0.2) is 0 Å². The second-order valence-corrected chi connectivity index (χ2v) is 4.27. The molecule has 0 spiro atoms. The monoisotopic (exact) mass is 256 g/mol. The summed E-state index contributed by atoms with van der Waals surface area (Å²) in [7, 11) is 0. The summed E-state index contributed by atoms with van der Waals surface area (Å²) in [5, 5.41) is 8.02. The number of nitrogens with one attached hydrogen (secondary N) is 3. The molecule has 1 heterocycles. The Morgan fingerprint density at radius 1 is 1.39 bits per heavy atom. The van der Waals surface area contributed by atoms with Gasteiger partial charge in [0.25, 0.3) is 0 Å². The molecule has 1 fully saturated rings. The first kappa shape index (κ1) is 14.4. The van der Waals surface area contributed by atoms with Gasteiger partial charge in [-0.3, -0.25) is 19.3 Å². The molecule has 0 saturated carbocycles. The Balaban J connectivity index is 2.23. The number of piperazine rings is 1. The molecule has 0 aliphatic carbocycles. The number of amides is 3. The van der Waals surface area contributed by atoms with Gasteiger partial charge in [-0.2, -0.15) is 0 Å². The summed E-state index contributed by atoms with van der Waals surface area (Å²) < 4.78 is 0. The first-order valence-electron chi connectivity index (χ1n) is 6.03. The molecule has 1 atom stereocenters. The Morgan fingerprint density at radius 3 is 2.72 bits per heavy atom. The predicted molar refractivity (Wildman–Crippen MR) is 65.7 cm³/mol. The molecule has 0 aromatic heterocycles. The van der Waals surface area contributed by atoms with Crippen molar-refractivity contribution < 1.29 is 14.4 Å². The molecule has 18 heavy (non-hydrogen) atoms. The second-order valence-electron chi connectivity index (χ2n) is 4.27. The van der Waals surface area contributed by atoms with E-state index < -0.39 is 0 Å². The van der Waals surface area contributed by atoms with E-state index >= 15 is 0 Å². The van der Waals surface area contributed by atoms with Gasteiger partial charge in [-0.05, 0) is 6.92 Å². The van der Waals surface area contributed by atoms with E-state index in [0.717, 1.165) is 0 Å². The second kappa shape index (κ2) is 6.95. The molecule has 0 bridgehead atoms. The van der Waals surface area contributed by atoms with Crippen molar-refractivity contribution >= 4 is 17.7 Å². The molecule has 7 nitrogen and oxygen atoms in total. The molecule has 102 valence electrons. The van der Waals surface area contributed by atoms with Gasteiger partial charge in [0, 0.05) is 33.1 Å². The summed E-state index contributed by atoms with van der Waals surface area (Å²) in [5.41, 5.74) is 0. The summed E-state index contributed by atoms with van der Waals surface area (Å²) in [4.78, 5) is 35.4. The molecular weight excluding hydrogens is 236 g/mol. The zero-order valence-corrected chi connectivity index (χ0v) is 10.8. The average Bonchev–Trinajstić information content (AvgIpc) is 2.30. The first-order chi connectivity index (χ1) is 8.50. The largest absolute Gasteiger partial charge is 0.355 e. The molecular formula is C11H20N4O3. The molecule has 3 amide bonds. The van der Waals surface area contributed by atoms with E-state index in [9.17, 15) is 14.4 Å². The van der Waals surface area contributed by atoms with Gasteiger partial charge < -0.3 is 16.0 Å². The summed E-state index contributed by atoms with van der Waals surface area (Å²) in [6, 6.07) is -0.278.